The third-order valence-corrected chi connectivity index (χ3v) is 2.06. The highest BCUT2D eigenvalue weighted by atomic mass is 14.7. The van der Waals surface area contributed by atoms with Crippen LogP contribution in [0.3, 0.4) is 0 Å². The third-order valence-electron chi connectivity index (χ3n) is 2.06. The van der Waals surface area contributed by atoms with Gasteiger partial charge in [-0.2, -0.15) is 5.26 Å². The van der Waals surface area contributed by atoms with Crippen LogP contribution in [0.25, 0.3) is 11.3 Å². The van der Waals surface area contributed by atoms with E-state index >= 15 is 0 Å². The van der Waals surface area contributed by atoms with Gasteiger partial charge in [0.15, 0.2) is 0 Å². The van der Waals surface area contributed by atoms with E-state index in [0.717, 1.165) is 16.8 Å². The Balaban J connectivity index is 2.38. The molecule has 2 aromatic heterocycles. The minimum Gasteiger partial charge on any atom is -0.264 e. The molecule has 0 aliphatic rings. The van der Waals surface area contributed by atoms with E-state index in [1.165, 1.54) is 0 Å². The van der Waals surface area contributed by atoms with Gasteiger partial charge in [0.05, 0.1) is 18.2 Å². The summed E-state index contributed by atoms with van der Waals surface area (Å²) in [5.41, 5.74) is 2.81. The first-order valence-electron chi connectivity index (χ1n) is 4.62. The summed E-state index contributed by atoms with van der Waals surface area (Å²) in [5, 5.41) is 8.60. The molecule has 0 saturated heterocycles. The lowest BCUT2D eigenvalue weighted by Crippen LogP contribution is -1.87. The number of nitrogens with zero attached hydrogens (tertiary/aromatic N) is 3. The molecule has 2 rings (SSSR count). The van der Waals surface area contributed by atoms with E-state index in [9.17, 15) is 0 Å². The molecule has 0 fully saturated rings. The van der Waals surface area contributed by atoms with Crippen LogP contribution in [0.5, 0.6) is 0 Å². The minimum atomic E-state index is 0.412. The average molecular weight is 195 g/mol. The molecule has 15 heavy (non-hydrogen) atoms. The van der Waals surface area contributed by atoms with Crippen LogP contribution in [0.15, 0.2) is 42.9 Å². The highest BCUT2D eigenvalue weighted by Crippen LogP contribution is 2.16. The Morgan fingerprint density at radius 3 is 2.93 bits per heavy atom. The summed E-state index contributed by atoms with van der Waals surface area (Å²) in [6.07, 6.45) is 5.62. The van der Waals surface area contributed by atoms with Crippen molar-refractivity contribution in [2.45, 2.75) is 6.42 Å². The first-order chi connectivity index (χ1) is 7.40. The smallest absolute Gasteiger partial charge is 0.0720 e. The van der Waals surface area contributed by atoms with Gasteiger partial charge in [-0.3, -0.25) is 9.97 Å². The van der Waals surface area contributed by atoms with Crippen molar-refractivity contribution in [2.24, 2.45) is 0 Å². The van der Waals surface area contributed by atoms with Gasteiger partial charge in [0.25, 0.3) is 0 Å². The Kier molecular flexibility index (Phi) is 2.70. The number of hydrogen-bond donors (Lipinski definition) is 0. The highest BCUT2D eigenvalue weighted by Gasteiger charge is 1.99. The maximum atomic E-state index is 8.60. The summed E-state index contributed by atoms with van der Waals surface area (Å²) >= 11 is 0. The largest absolute Gasteiger partial charge is 0.264 e. The zero-order chi connectivity index (χ0) is 10.5. The molecule has 0 bridgehead atoms. The van der Waals surface area contributed by atoms with Gasteiger partial charge in [-0.05, 0) is 29.8 Å². The van der Waals surface area contributed by atoms with Crippen LogP contribution in [-0.2, 0) is 6.42 Å². The van der Waals surface area contributed by atoms with Crippen molar-refractivity contribution in [1.82, 2.24) is 9.97 Å². The second kappa shape index (κ2) is 4.34. The van der Waals surface area contributed by atoms with Gasteiger partial charge in [0.1, 0.15) is 0 Å². The molecule has 0 amide bonds. The van der Waals surface area contributed by atoms with Gasteiger partial charge in [-0.25, -0.2) is 0 Å². The molecule has 0 saturated carbocycles. The van der Waals surface area contributed by atoms with Crippen LogP contribution in [0.2, 0.25) is 0 Å². The molecule has 0 aliphatic heterocycles. The van der Waals surface area contributed by atoms with Crippen LogP contribution in [0.1, 0.15) is 5.56 Å². The highest BCUT2D eigenvalue weighted by molar-refractivity contribution is 5.58. The summed E-state index contributed by atoms with van der Waals surface area (Å²) in [7, 11) is 0. The normalized spacial score (nSPS) is 9.53. The zero-order valence-corrected chi connectivity index (χ0v) is 8.09. The molecule has 2 heterocycles. The van der Waals surface area contributed by atoms with Gasteiger partial charge in [0, 0.05) is 24.2 Å². The monoisotopic (exact) mass is 195 g/mol. The average Bonchev–Trinajstić information content (AvgIpc) is 2.31. The molecule has 0 N–H and O–H groups in total. The quantitative estimate of drug-likeness (QED) is 0.738. The molecule has 0 aromatic carbocycles. The number of hydrogen-bond acceptors (Lipinski definition) is 3. The number of nitriles is 1. The first-order valence-corrected chi connectivity index (χ1v) is 4.62. The molecule has 0 unspecified atom stereocenters. The maximum absolute atomic E-state index is 8.60. The second-order valence-electron chi connectivity index (χ2n) is 3.13. The Morgan fingerprint density at radius 1 is 1.27 bits per heavy atom. The Hall–Kier alpha value is -2.21. The fraction of sp³-hybridized carbons (Fsp3) is 0.0833. The van der Waals surface area contributed by atoms with E-state index in [4.69, 9.17) is 5.26 Å². The molecule has 0 radical (unpaired) electrons. The predicted octanol–water partition coefficient (Wildman–Crippen LogP) is 2.21. The summed E-state index contributed by atoms with van der Waals surface area (Å²) in [4.78, 5) is 8.27. The molecule has 3 nitrogen and oxygen atoms in total. The second-order valence-corrected chi connectivity index (χ2v) is 3.13. The lowest BCUT2D eigenvalue weighted by molar-refractivity contribution is 1.21. The molecular formula is C12H9N3. The fourth-order valence-electron chi connectivity index (χ4n) is 1.35. The Morgan fingerprint density at radius 2 is 2.20 bits per heavy atom. The van der Waals surface area contributed by atoms with Crippen molar-refractivity contribution in [3.8, 4) is 17.3 Å². The Bertz CT molecular complexity index is 486. The maximum Gasteiger partial charge on any atom is 0.0720 e. The third kappa shape index (κ3) is 2.18. The van der Waals surface area contributed by atoms with E-state index in [0.29, 0.717) is 6.42 Å². The fourth-order valence-corrected chi connectivity index (χ4v) is 1.35. The van der Waals surface area contributed by atoms with Gasteiger partial charge in [-0.15, -0.1) is 0 Å². The van der Waals surface area contributed by atoms with E-state index in [2.05, 4.69) is 16.0 Å². The first kappa shape index (κ1) is 9.35. The van der Waals surface area contributed by atoms with Crippen LogP contribution in [0, 0.1) is 11.3 Å². The topological polar surface area (TPSA) is 49.6 Å². The zero-order valence-electron chi connectivity index (χ0n) is 8.09. The predicted molar refractivity (Wildman–Crippen MR) is 56.8 cm³/mol. The summed E-state index contributed by atoms with van der Waals surface area (Å²) in [6.45, 7) is 0. The van der Waals surface area contributed by atoms with Crippen LogP contribution in [-0.4, -0.2) is 9.97 Å². The molecule has 0 atom stereocenters. The van der Waals surface area contributed by atoms with Crippen LogP contribution >= 0.6 is 0 Å². The van der Waals surface area contributed by atoms with Crippen molar-refractivity contribution >= 4 is 0 Å². The standard InChI is InChI=1S/C12H9N3/c13-5-3-10-4-7-15-12(8-10)11-2-1-6-14-9-11/h1-2,4,6-9H,3H2. The summed E-state index contributed by atoms with van der Waals surface area (Å²) < 4.78 is 0. The van der Waals surface area contributed by atoms with Gasteiger partial charge in [0.2, 0.25) is 0 Å². The van der Waals surface area contributed by atoms with Crippen molar-refractivity contribution in [3.05, 3.63) is 48.4 Å². The van der Waals surface area contributed by atoms with E-state index in [1.807, 2.05) is 24.3 Å². The lowest BCUT2D eigenvalue weighted by atomic mass is 10.1. The van der Waals surface area contributed by atoms with Crippen molar-refractivity contribution in [1.29, 1.82) is 5.26 Å². The summed E-state index contributed by atoms with van der Waals surface area (Å²) in [6, 6.07) is 9.71. The number of aromatic nitrogens is 2. The number of rotatable bonds is 2. The van der Waals surface area contributed by atoms with Crippen molar-refractivity contribution in [3.63, 3.8) is 0 Å². The van der Waals surface area contributed by atoms with Gasteiger partial charge < -0.3 is 0 Å². The van der Waals surface area contributed by atoms with Gasteiger partial charge >= 0.3 is 0 Å². The van der Waals surface area contributed by atoms with Crippen LogP contribution in [0.4, 0.5) is 0 Å². The molecule has 2 aromatic rings. The molecule has 72 valence electrons. The number of pyridine rings is 2. The van der Waals surface area contributed by atoms with Crippen molar-refractivity contribution < 1.29 is 0 Å². The van der Waals surface area contributed by atoms with E-state index in [-0.39, 0.29) is 0 Å². The minimum absolute atomic E-state index is 0.412. The molecule has 0 aliphatic carbocycles. The van der Waals surface area contributed by atoms with Gasteiger partial charge in [-0.1, -0.05) is 0 Å². The van der Waals surface area contributed by atoms with E-state index in [1.54, 1.807) is 18.6 Å². The van der Waals surface area contributed by atoms with Crippen LogP contribution < -0.4 is 0 Å². The Labute approximate surface area is 88.1 Å². The summed E-state index contributed by atoms with van der Waals surface area (Å²) in [5.74, 6) is 0. The molecule has 3 heteroatoms. The lowest BCUT2D eigenvalue weighted by Gasteiger charge is -2.00. The van der Waals surface area contributed by atoms with E-state index < -0.39 is 0 Å². The molecular weight excluding hydrogens is 186 g/mol. The molecule has 0 spiro atoms. The van der Waals surface area contributed by atoms with Crippen molar-refractivity contribution in [2.75, 3.05) is 0 Å². The SMILES string of the molecule is N#CCc1ccnc(-c2cccnc2)c1.